The SMILES string of the molecule is CCN(CC(C)(C)O)C(=O)C=Cc1ccc([N+](=O)[O-])cc1. The van der Waals surface area contributed by atoms with Crippen LogP contribution in [0.3, 0.4) is 0 Å². The first kappa shape index (κ1) is 16.8. The predicted octanol–water partition coefficient (Wildman–Crippen LogP) is 2.23. The zero-order valence-corrected chi connectivity index (χ0v) is 12.4. The largest absolute Gasteiger partial charge is 0.389 e. The third-order valence-corrected chi connectivity index (χ3v) is 2.79. The van der Waals surface area contributed by atoms with Crippen molar-refractivity contribution in [1.29, 1.82) is 0 Å². The van der Waals surface area contributed by atoms with Crippen molar-refractivity contribution in [2.75, 3.05) is 13.1 Å². The van der Waals surface area contributed by atoms with E-state index in [9.17, 15) is 20.0 Å². The Balaban J connectivity index is 2.74. The molecule has 1 amide bonds. The van der Waals surface area contributed by atoms with Gasteiger partial charge in [0.1, 0.15) is 0 Å². The molecule has 0 unspecified atom stereocenters. The molecule has 1 rings (SSSR count). The van der Waals surface area contributed by atoms with Crippen LogP contribution < -0.4 is 0 Å². The summed E-state index contributed by atoms with van der Waals surface area (Å²) in [6.07, 6.45) is 3.00. The number of carbonyl (C=O) groups excluding carboxylic acids is 1. The van der Waals surface area contributed by atoms with E-state index < -0.39 is 10.5 Å². The van der Waals surface area contributed by atoms with E-state index in [0.29, 0.717) is 12.1 Å². The van der Waals surface area contributed by atoms with Crippen LogP contribution in [0.4, 0.5) is 5.69 Å². The van der Waals surface area contributed by atoms with E-state index in [2.05, 4.69) is 0 Å². The topological polar surface area (TPSA) is 83.7 Å². The molecule has 0 aliphatic carbocycles. The first-order valence-corrected chi connectivity index (χ1v) is 6.67. The molecule has 0 aliphatic rings. The zero-order chi connectivity index (χ0) is 16.0. The Morgan fingerprint density at radius 3 is 2.38 bits per heavy atom. The molecule has 0 atom stereocenters. The summed E-state index contributed by atoms with van der Waals surface area (Å²) in [7, 11) is 0. The van der Waals surface area contributed by atoms with Gasteiger partial charge in [-0.05, 0) is 44.5 Å². The standard InChI is InChI=1S/C15H20N2O4/c1-4-16(11-15(2,3)19)14(18)10-7-12-5-8-13(9-6-12)17(20)21/h5-10,19H,4,11H2,1-3H3. The molecule has 0 fully saturated rings. The summed E-state index contributed by atoms with van der Waals surface area (Å²) in [6, 6.07) is 5.93. The lowest BCUT2D eigenvalue weighted by Gasteiger charge is -2.27. The van der Waals surface area contributed by atoms with Crippen LogP contribution in [0, 0.1) is 10.1 Å². The number of nitro benzene ring substituents is 1. The Bertz CT molecular complexity index is 530. The van der Waals surface area contributed by atoms with Crippen LogP contribution in [0.5, 0.6) is 0 Å². The van der Waals surface area contributed by atoms with E-state index >= 15 is 0 Å². The number of non-ortho nitro benzene ring substituents is 1. The van der Waals surface area contributed by atoms with Crippen LogP contribution in [0.1, 0.15) is 26.3 Å². The van der Waals surface area contributed by atoms with E-state index in [1.165, 1.54) is 23.1 Å². The minimum absolute atomic E-state index is 0.00990. The van der Waals surface area contributed by atoms with E-state index in [0.717, 1.165) is 0 Å². The monoisotopic (exact) mass is 292 g/mol. The highest BCUT2D eigenvalue weighted by Crippen LogP contribution is 2.13. The first-order valence-electron chi connectivity index (χ1n) is 6.67. The van der Waals surface area contributed by atoms with Crippen LogP contribution in [-0.4, -0.2) is 39.5 Å². The van der Waals surface area contributed by atoms with Gasteiger partial charge in [0.05, 0.1) is 10.5 Å². The number of nitrogens with zero attached hydrogens (tertiary/aromatic N) is 2. The van der Waals surface area contributed by atoms with Crippen molar-refractivity contribution in [2.24, 2.45) is 0 Å². The van der Waals surface area contributed by atoms with Crippen molar-refractivity contribution in [3.63, 3.8) is 0 Å². The Morgan fingerprint density at radius 2 is 1.95 bits per heavy atom. The summed E-state index contributed by atoms with van der Waals surface area (Å²) in [6.45, 7) is 5.86. The van der Waals surface area contributed by atoms with Crippen molar-refractivity contribution >= 4 is 17.7 Å². The highest BCUT2D eigenvalue weighted by molar-refractivity contribution is 5.91. The van der Waals surface area contributed by atoms with Gasteiger partial charge < -0.3 is 10.0 Å². The smallest absolute Gasteiger partial charge is 0.269 e. The summed E-state index contributed by atoms with van der Waals surface area (Å²) in [4.78, 5) is 23.6. The van der Waals surface area contributed by atoms with E-state index in [-0.39, 0.29) is 18.1 Å². The molecule has 6 heteroatoms. The molecule has 0 aromatic heterocycles. The van der Waals surface area contributed by atoms with Crippen molar-refractivity contribution in [3.05, 3.63) is 46.0 Å². The fourth-order valence-electron chi connectivity index (χ4n) is 1.79. The number of carbonyl (C=O) groups is 1. The van der Waals surface area contributed by atoms with Gasteiger partial charge in [-0.25, -0.2) is 0 Å². The third-order valence-electron chi connectivity index (χ3n) is 2.79. The second-order valence-corrected chi connectivity index (χ2v) is 5.35. The van der Waals surface area contributed by atoms with Crippen molar-refractivity contribution < 1.29 is 14.8 Å². The van der Waals surface area contributed by atoms with Crippen LogP contribution in [0.2, 0.25) is 0 Å². The summed E-state index contributed by atoms with van der Waals surface area (Å²) in [5, 5.41) is 20.3. The number of aliphatic hydroxyl groups is 1. The van der Waals surface area contributed by atoms with Gasteiger partial charge in [-0.3, -0.25) is 14.9 Å². The van der Waals surface area contributed by atoms with Crippen molar-refractivity contribution in [3.8, 4) is 0 Å². The van der Waals surface area contributed by atoms with Gasteiger partial charge >= 0.3 is 0 Å². The number of nitro groups is 1. The predicted molar refractivity (Wildman–Crippen MR) is 80.7 cm³/mol. The van der Waals surface area contributed by atoms with E-state index in [4.69, 9.17) is 0 Å². The molecule has 0 saturated heterocycles. The Morgan fingerprint density at radius 1 is 1.38 bits per heavy atom. The molecule has 1 aromatic carbocycles. The lowest BCUT2D eigenvalue weighted by atomic mass is 10.1. The fourth-order valence-corrected chi connectivity index (χ4v) is 1.79. The number of benzene rings is 1. The average Bonchev–Trinajstić information content (AvgIpc) is 2.41. The molecular weight excluding hydrogens is 272 g/mol. The number of hydrogen-bond acceptors (Lipinski definition) is 4. The maximum Gasteiger partial charge on any atom is 0.269 e. The van der Waals surface area contributed by atoms with Gasteiger partial charge in [0, 0.05) is 31.3 Å². The maximum atomic E-state index is 12.0. The van der Waals surface area contributed by atoms with Gasteiger partial charge in [0.2, 0.25) is 5.91 Å². The molecular formula is C15H20N2O4. The zero-order valence-electron chi connectivity index (χ0n) is 12.4. The number of rotatable bonds is 6. The fraction of sp³-hybridized carbons (Fsp3) is 0.400. The molecule has 0 radical (unpaired) electrons. The highest BCUT2D eigenvalue weighted by Gasteiger charge is 2.19. The van der Waals surface area contributed by atoms with Crippen molar-refractivity contribution in [2.45, 2.75) is 26.4 Å². The molecule has 0 spiro atoms. The minimum atomic E-state index is -0.952. The molecule has 1 aromatic rings. The van der Waals surface area contributed by atoms with Crippen LogP contribution in [-0.2, 0) is 4.79 Å². The van der Waals surface area contributed by atoms with Gasteiger partial charge in [-0.2, -0.15) is 0 Å². The quantitative estimate of drug-likeness (QED) is 0.495. The number of amides is 1. The maximum absolute atomic E-state index is 12.0. The number of likely N-dealkylation sites (N-methyl/N-ethyl adjacent to an activating group) is 1. The van der Waals surface area contributed by atoms with Crippen molar-refractivity contribution in [1.82, 2.24) is 4.90 Å². The number of hydrogen-bond donors (Lipinski definition) is 1. The summed E-state index contributed by atoms with van der Waals surface area (Å²) >= 11 is 0. The van der Waals surface area contributed by atoms with E-state index in [1.54, 1.807) is 32.1 Å². The normalized spacial score (nSPS) is 11.6. The molecule has 114 valence electrons. The van der Waals surface area contributed by atoms with E-state index in [1.807, 2.05) is 6.92 Å². The molecule has 21 heavy (non-hydrogen) atoms. The lowest BCUT2D eigenvalue weighted by molar-refractivity contribution is -0.384. The Hall–Kier alpha value is -2.21. The summed E-state index contributed by atoms with van der Waals surface area (Å²) in [5.41, 5.74) is -0.240. The van der Waals surface area contributed by atoms with Crippen LogP contribution in [0.15, 0.2) is 30.3 Å². The van der Waals surface area contributed by atoms with Gasteiger partial charge in [0.15, 0.2) is 0 Å². The van der Waals surface area contributed by atoms with Gasteiger partial charge in [-0.15, -0.1) is 0 Å². The Kier molecular flexibility index (Phi) is 5.60. The minimum Gasteiger partial charge on any atom is -0.389 e. The average molecular weight is 292 g/mol. The third kappa shape index (κ3) is 5.74. The summed E-state index contributed by atoms with van der Waals surface area (Å²) < 4.78 is 0. The van der Waals surface area contributed by atoms with Crippen LogP contribution >= 0.6 is 0 Å². The van der Waals surface area contributed by atoms with Crippen LogP contribution in [0.25, 0.3) is 6.08 Å². The lowest BCUT2D eigenvalue weighted by Crippen LogP contribution is -2.41. The second-order valence-electron chi connectivity index (χ2n) is 5.35. The molecule has 0 saturated carbocycles. The Labute approximate surface area is 123 Å². The molecule has 0 heterocycles. The molecule has 0 bridgehead atoms. The first-order chi connectivity index (χ1) is 9.73. The molecule has 0 aliphatic heterocycles. The molecule has 6 nitrogen and oxygen atoms in total. The highest BCUT2D eigenvalue weighted by atomic mass is 16.6. The molecule has 1 N–H and O–H groups in total. The van der Waals surface area contributed by atoms with Gasteiger partial charge in [0.25, 0.3) is 5.69 Å². The second kappa shape index (κ2) is 6.99. The summed E-state index contributed by atoms with van der Waals surface area (Å²) in [5.74, 6) is -0.210. The van der Waals surface area contributed by atoms with Gasteiger partial charge in [-0.1, -0.05) is 0 Å².